The SMILES string of the molecule is CN1CCC(NCc2cccc(-c3ccc(S(=O)(=O)NCCc4ccccn4)c(F)c3)c2)CC1. The molecular weight excluding hydrogens is 451 g/mol. The highest BCUT2D eigenvalue weighted by molar-refractivity contribution is 7.89. The van der Waals surface area contributed by atoms with Crippen molar-refractivity contribution in [2.45, 2.75) is 36.7 Å². The van der Waals surface area contributed by atoms with E-state index in [0.717, 1.165) is 49.3 Å². The van der Waals surface area contributed by atoms with Crippen LogP contribution in [0.3, 0.4) is 0 Å². The first-order valence-corrected chi connectivity index (χ1v) is 13.1. The molecule has 0 radical (unpaired) electrons. The van der Waals surface area contributed by atoms with Crippen molar-refractivity contribution >= 4 is 10.0 Å². The molecular formula is C26H31FN4O2S. The summed E-state index contributed by atoms with van der Waals surface area (Å²) >= 11 is 0. The summed E-state index contributed by atoms with van der Waals surface area (Å²) in [7, 11) is -1.81. The molecule has 0 amide bonds. The largest absolute Gasteiger partial charge is 0.310 e. The first-order chi connectivity index (χ1) is 16.4. The van der Waals surface area contributed by atoms with Crippen LogP contribution in [0.4, 0.5) is 4.39 Å². The van der Waals surface area contributed by atoms with E-state index >= 15 is 0 Å². The number of sulfonamides is 1. The predicted octanol–water partition coefficient (Wildman–Crippen LogP) is 3.59. The van der Waals surface area contributed by atoms with Gasteiger partial charge in [0.1, 0.15) is 10.7 Å². The minimum absolute atomic E-state index is 0.146. The highest BCUT2D eigenvalue weighted by Crippen LogP contribution is 2.25. The van der Waals surface area contributed by atoms with Crippen LogP contribution in [0.25, 0.3) is 11.1 Å². The average Bonchev–Trinajstić information content (AvgIpc) is 2.84. The number of hydrogen-bond donors (Lipinski definition) is 2. The molecule has 3 aromatic rings. The number of rotatable bonds is 9. The second-order valence-corrected chi connectivity index (χ2v) is 10.5. The van der Waals surface area contributed by atoms with Crippen molar-refractivity contribution in [3.63, 3.8) is 0 Å². The van der Waals surface area contributed by atoms with Gasteiger partial charge in [-0.05, 0) is 80.0 Å². The van der Waals surface area contributed by atoms with E-state index in [2.05, 4.69) is 27.0 Å². The van der Waals surface area contributed by atoms with Crippen LogP contribution in [0.1, 0.15) is 24.1 Å². The van der Waals surface area contributed by atoms with Crippen LogP contribution in [-0.2, 0) is 23.0 Å². The molecule has 1 aliphatic heterocycles. The summed E-state index contributed by atoms with van der Waals surface area (Å²) in [6, 6.07) is 18.2. The maximum atomic E-state index is 14.9. The zero-order valence-corrected chi connectivity index (χ0v) is 20.2. The van der Waals surface area contributed by atoms with Gasteiger partial charge in [0.25, 0.3) is 0 Å². The van der Waals surface area contributed by atoms with Crippen molar-refractivity contribution in [3.8, 4) is 11.1 Å². The zero-order chi connectivity index (χ0) is 24.0. The molecule has 4 rings (SSSR count). The van der Waals surface area contributed by atoms with Crippen molar-refractivity contribution in [1.82, 2.24) is 19.9 Å². The summed E-state index contributed by atoms with van der Waals surface area (Å²) in [6.07, 6.45) is 4.35. The van der Waals surface area contributed by atoms with E-state index in [-0.39, 0.29) is 11.4 Å². The molecule has 34 heavy (non-hydrogen) atoms. The summed E-state index contributed by atoms with van der Waals surface area (Å²) < 4.78 is 42.6. The lowest BCUT2D eigenvalue weighted by atomic mass is 10.0. The summed E-state index contributed by atoms with van der Waals surface area (Å²) in [5, 5.41) is 3.62. The van der Waals surface area contributed by atoms with E-state index in [4.69, 9.17) is 0 Å². The molecule has 2 N–H and O–H groups in total. The summed E-state index contributed by atoms with van der Waals surface area (Å²) in [5.74, 6) is -0.766. The third-order valence-electron chi connectivity index (χ3n) is 6.19. The molecule has 0 saturated carbocycles. The lowest BCUT2D eigenvalue weighted by molar-refractivity contribution is 0.234. The Kier molecular flexibility index (Phi) is 8.05. The van der Waals surface area contributed by atoms with Crippen LogP contribution >= 0.6 is 0 Å². The van der Waals surface area contributed by atoms with Crippen molar-refractivity contribution in [2.24, 2.45) is 0 Å². The van der Waals surface area contributed by atoms with Gasteiger partial charge in [-0.15, -0.1) is 0 Å². The van der Waals surface area contributed by atoms with Crippen molar-refractivity contribution in [1.29, 1.82) is 0 Å². The number of pyridine rings is 1. The topological polar surface area (TPSA) is 74.3 Å². The quantitative estimate of drug-likeness (QED) is 0.488. The standard InChI is InChI=1S/C26H31FN4O2S/c1-31-15-11-24(12-16-31)29-19-20-5-4-6-21(17-20)22-8-9-26(25(27)18-22)34(32,33)30-14-10-23-7-2-3-13-28-23/h2-9,13,17-18,24,29-30H,10-12,14-16,19H2,1H3. The lowest BCUT2D eigenvalue weighted by Crippen LogP contribution is -2.40. The number of nitrogens with zero attached hydrogens (tertiary/aromatic N) is 2. The monoisotopic (exact) mass is 482 g/mol. The Morgan fingerprint density at radius 2 is 1.82 bits per heavy atom. The first-order valence-electron chi connectivity index (χ1n) is 11.6. The first kappa shape index (κ1) is 24.5. The second-order valence-electron chi connectivity index (χ2n) is 8.77. The van der Waals surface area contributed by atoms with Gasteiger partial charge >= 0.3 is 0 Å². The van der Waals surface area contributed by atoms with E-state index in [1.54, 1.807) is 18.3 Å². The molecule has 0 bridgehead atoms. The minimum atomic E-state index is -3.96. The molecule has 1 aromatic heterocycles. The Labute approximate surface area is 201 Å². The number of piperidine rings is 1. The van der Waals surface area contributed by atoms with Crippen molar-refractivity contribution < 1.29 is 12.8 Å². The maximum absolute atomic E-state index is 14.9. The molecule has 1 saturated heterocycles. The zero-order valence-electron chi connectivity index (χ0n) is 19.4. The van der Waals surface area contributed by atoms with Gasteiger partial charge in [-0.3, -0.25) is 4.98 Å². The predicted molar refractivity (Wildman–Crippen MR) is 132 cm³/mol. The minimum Gasteiger partial charge on any atom is -0.310 e. The van der Waals surface area contributed by atoms with Crippen LogP contribution in [0, 0.1) is 5.82 Å². The van der Waals surface area contributed by atoms with Gasteiger partial charge in [-0.25, -0.2) is 17.5 Å². The Hall–Kier alpha value is -2.65. The number of nitrogens with one attached hydrogen (secondary N) is 2. The van der Waals surface area contributed by atoms with Gasteiger partial charge in [0, 0.05) is 37.4 Å². The fourth-order valence-corrected chi connectivity index (χ4v) is 5.26. The molecule has 180 valence electrons. The number of benzene rings is 2. The highest BCUT2D eigenvalue weighted by atomic mass is 32.2. The Morgan fingerprint density at radius 1 is 1.03 bits per heavy atom. The Bertz CT molecular complexity index is 1200. The number of halogens is 1. The van der Waals surface area contributed by atoms with E-state index in [0.29, 0.717) is 18.0 Å². The van der Waals surface area contributed by atoms with Gasteiger partial charge in [0.2, 0.25) is 10.0 Å². The number of aromatic nitrogens is 1. The summed E-state index contributed by atoms with van der Waals surface area (Å²) in [4.78, 5) is 6.16. The lowest BCUT2D eigenvalue weighted by Gasteiger charge is -2.29. The third kappa shape index (κ3) is 6.48. The fraction of sp³-hybridized carbons (Fsp3) is 0.346. The van der Waals surface area contributed by atoms with Crippen LogP contribution < -0.4 is 10.0 Å². The molecule has 6 nitrogen and oxygen atoms in total. The van der Waals surface area contributed by atoms with Crippen molar-refractivity contribution in [2.75, 3.05) is 26.7 Å². The molecule has 8 heteroatoms. The van der Waals surface area contributed by atoms with Crippen LogP contribution in [0.5, 0.6) is 0 Å². The van der Waals surface area contributed by atoms with Gasteiger partial charge < -0.3 is 10.2 Å². The normalized spacial score (nSPS) is 15.5. The van der Waals surface area contributed by atoms with E-state index in [1.807, 2.05) is 36.4 Å². The van der Waals surface area contributed by atoms with Gasteiger partial charge in [-0.2, -0.15) is 0 Å². The smallest absolute Gasteiger partial charge is 0.243 e. The summed E-state index contributed by atoms with van der Waals surface area (Å²) in [5.41, 5.74) is 3.38. The molecule has 0 aliphatic carbocycles. The number of hydrogen-bond acceptors (Lipinski definition) is 5. The molecule has 1 aliphatic rings. The Balaban J connectivity index is 1.39. The molecule has 2 aromatic carbocycles. The van der Waals surface area contributed by atoms with Gasteiger partial charge in [0.05, 0.1) is 0 Å². The van der Waals surface area contributed by atoms with E-state index in [9.17, 15) is 12.8 Å². The molecule has 2 heterocycles. The van der Waals surface area contributed by atoms with E-state index < -0.39 is 15.8 Å². The highest BCUT2D eigenvalue weighted by Gasteiger charge is 2.20. The van der Waals surface area contributed by atoms with E-state index in [1.165, 1.54) is 12.1 Å². The second kappa shape index (κ2) is 11.2. The number of likely N-dealkylation sites (tertiary alicyclic amines) is 1. The van der Waals surface area contributed by atoms with Crippen LogP contribution in [0.2, 0.25) is 0 Å². The Morgan fingerprint density at radius 3 is 2.56 bits per heavy atom. The summed E-state index contributed by atoms with van der Waals surface area (Å²) in [6.45, 7) is 3.10. The third-order valence-corrected chi connectivity index (χ3v) is 7.69. The molecule has 0 unspecified atom stereocenters. The van der Waals surface area contributed by atoms with Crippen LogP contribution in [-0.4, -0.2) is 51.0 Å². The fourth-order valence-electron chi connectivity index (χ4n) is 4.17. The molecule has 1 fully saturated rings. The molecule has 0 spiro atoms. The van der Waals surface area contributed by atoms with Crippen LogP contribution in [0.15, 0.2) is 71.8 Å². The maximum Gasteiger partial charge on any atom is 0.243 e. The van der Waals surface area contributed by atoms with Gasteiger partial charge in [-0.1, -0.05) is 30.3 Å². The molecule has 0 atom stereocenters. The van der Waals surface area contributed by atoms with Crippen molar-refractivity contribution in [3.05, 3.63) is 83.9 Å². The average molecular weight is 483 g/mol. The van der Waals surface area contributed by atoms with Gasteiger partial charge in [0.15, 0.2) is 0 Å².